The van der Waals surface area contributed by atoms with Crippen molar-refractivity contribution in [1.82, 2.24) is 20.4 Å². The Morgan fingerprint density at radius 1 is 1.27 bits per heavy atom. The Morgan fingerprint density at radius 3 is 2.60 bits per heavy atom. The molecule has 1 heterocycles. The Balaban J connectivity index is 0.00000450. The second-order valence-corrected chi connectivity index (χ2v) is 7.92. The highest BCUT2D eigenvalue weighted by Gasteiger charge is 2.28. The SMILES string of the molecule is CN=C(NCc1cccc(OCC(=O)N(C)C)c1)NCC(C)(C)N1CCOCC1.I. The number of amides is 1. The molecule has 1 aliphatic rings. The van der Waals surface area contributed by atoms with E-state index in [1.807, 2.05) is 24.3 Å². The van der Waals surface area contributed by atoms with Crippen LogP contribution in [0.25, 0.3) is 0 Å². The van der Waals surface area contributed by atoms with Crippen molar-refractivity contribution < 1.29 is 14.3 Å². The zero-order valence-corrected chi connectivity index (χ0v) is 21.1. The highest BCUT2D eigenvalue weighted by molar-refractivity contribution is 14.0. The lowest BCUT2D eigenvalue weighted by molar-refractivity contribution is -0.130. The van der Waals surface area contributed by atoms with Crippen LogP contribution in [-0.2, 0) is 16.1 Å². The van der Waals surface area contributed by atoms with Crippen molar-refractivity contribution in [2.45, 2.75) is 25.9 Å². The van der Waals surface area contributed by atoms with E-state index >= 15 is 0 Å². The van der Waals surface area contributed by atoms with Crippen molar-refractivity contribution >= 4 is 35.8 Å². The number of nitrogens with one attached hydrogen (secondary N) is 2. The fourth-order valence-electron chi connectivity index (χ4n) is 3.01. The first-order valence-corrected chi connectivity index (χ1v) is 10.0. The summed E-state index contributed by atoms with van der Waals surface area (Å²) in [5.41, 5.74) is 1.06. The number of hydrogen-bond donors (Lipinski definition) is 2. The molecular weight excluding hydrogens is 497 g/mol. The molecule has 170 valence electrons. The van der Waals surface area contributed by atoms with Crippen molar-refractivity contribution in [3.63, 3.8) is 0 Å². The predicted octanol–water partition coefficient (Wildman–Crippen LogP) is 1.55. The number of rotatable bonds is 8. The van der Waals surface area contributed by atoms with Crippen molar-refractivity contribution in [2.24, 2.45) is 4.99 Å². The molecule has 0 atom stereocenters. The molecule has 1 amide bonds. The van der Waals surface area contributed by atoms with Crippen LogP contribution in [-0.4, -0.2) is 87.8 Å². The number of nitrogens with zero attached hydrogens (tertiary/aromatic N) is 3. The number of carbonyl (C=O) groups excluding carboxylic acids is 1. The van der Waals surface area contributed by atoms with Crippen LogP contribution in [0.4, 0.5) is 0 Å². The van der Waals surface area contributed by atoms with Gasteiger partial charge in [0.15, 0.2) is 12.6 Å². The molecule has 1 saturated heterocycles. The predicted molar refractivity (Wildman–Crippen MR) is 131 cm³/mol. The van der Waals surface area contributed by atoms with Gasteiger partial charge in [0.1, 0.15) is 5.75 Å². The van der Waals surface area contributed by atoms with Crippen LogP contribution in [0.1, 0.15) is 19.4 Å². The van der Waals surface area contributed by atoms with Gasteiger partial charge in [-0.1, -0.05) is 12.1 Å². The summed E-state index contributed by atoms with van der Waals surface area (Å²) >= 11 is 0. The maximum atomic E-state index is 11.7. The van der Waals surface area contributed by atoms with Crippen molar-refractivity contribution in [3.8, 4) is 5.75 Å². The number of benzene rings is 1. The van der Waals surface area contributed by atoms with Crippen LogP contribution in [0.15, 0.2) is 29.3 Å². The Morgan fingerprint density at radius 2 is 1.97 bits per heavy atom. The lowest BCUT2D eigenvalue weighted by Gasteiger charge is -2.41. The fourth-order valence-corrected chi connectivity index (χ4v) is 3.01. The zero-order chi connectivity index (χ0) is 21.3. The van der Waals surface area contributed by atoms with Crippen LogP contribution < -0.4 is 15.4 Å². The third-order valence-corrected chi connectivity index (χ3v) is 5.00. The van der Waals surface area contributed by atoms with E-state index in [4.69, 9.17) is 9.47 Å². The standard InChI is InChI=1S/C21H35N5O3.HI/c1-21(2,26-9-11-28-12-10-26)16-24-20(22-3)23-14-17-7-6-8-18(13-17)29-15-19(27)25(4)5;/h6-8,13H,9-12,14-16H2,1-5H3,(H2,22,23,24);1H. The molecule has 9 heteroatoms. The van der Waals surface area contributed by atoms with E-state index in [1.165, 1.54) is 4.90 Å². The second-order valence-electron chi connectivity index (χ2n) is 7.92. The third-order valence-electron chi connectivity index (χ3n) is 5.00. The number of guanidine groups is 1. The summed E-state index contributed by atoms with van der Waals surface area (Å²) in [6, 6.07) is 7.72. The van der Waals surface area contributed by atoms with Gasteiger partial charge in [0.25, 0.3) is 5.91 Å². The van der Waals surface area contributed by atoms with Gasteiger partial charge in [0.2, 0.25) is 0 Å². The molecule has 2 N–H and O–H groups in total. The van der Waals surface area contributed by atoms with Gasteiger partial charge < -0.3 is 25.0 Å². The van der Waals surface area contributed by atoms with E-state index in [2.05, 4.69) is 34.4 Å². The topological polar surface area (TPSA) is 78.4 Å². The summed E-state index contributed by atoms with van der Waals surface area (Å²) < 4.78 is 11.0. The number of aliphatic imine (C=N–C) groups is 1. The number of halogens is 1. The monoisotopic (exact) mass is 533 g/mol. The van der Waals surface area contributed by atoms with Crippen LogP contribution in [0, 0.1) is 0 Å². The van der Waals surface area contributed by atoms with E-state index in [9.17, 15) is 4.79 Å². The Labute approximate surface area is 197 Å². The van der Waals surface area contributed by atoms with Gasteiger partial charge in [-0.15, -0.1) is 24.0 Å². The molecule has 1 fully saturated rings. The van der Waals surface area contributed by atoms with E-state index in [0.717, 1.165) is 44.4 Å². The molecule has 0 bridgehead atoms. The van der Waals surface area contributed by atoms with E-state index < -0.39 is 0 Å². The molecule has 0 radical (unpaired) electrons. The minimum absolute atomic E-state index is 0. The van der Waals surface area contributed by atoms with Crippen molar-refractivity contribution in [1.29, 1.82) is 0 Å². The molecule has 0 aromatic heterocycles. The molecule has 30 heavy (non-hydrogen) atoms. The molecule has 1 aliphatic heterocycles. The number of ether oxygens (including phenoxy) is 2. The normalized spacial score (nSPS) is 15.2. The average Bonchev–Trinajstić information content (AvgIpc) is 2.73. The number of likely N-dealkylation sites (N-methyl/N-ethyl adjacent to an activating group) is 1. The highest BCUT2D eigenvalue weighted by Crippen LogP contribution is 2.15. The first-order chi connectivity index (χ1) is 13.8. The summed E-state index contributed by atoms with van der Waals surface area (Å²) in [7, 11) is 5.19. The molecular formula is C21H36IN5O3. The largest absolute Gasteiger partial charge is 0.484 e. The van der Waals surface area contributed by atoms with Gasteiger partial charge in [-0.05, 0) is 31.5 Å². The lowest BCUT2D eigenvalue weighted by Crippen LogP contribution is -2.56. The van der Waals surface area contributed by atoms with Gasteiger partial charge >= 0.3 is 0 Å². The zero-order valence-electron chi connectivity index (χ0n) is 18.7. The van der Waals surface area contributed by atoms with Gasteiger partial charge in [-0.3, -0.25) is 14.7 Å². The van der Waals surface area contributed by atoms with Gasteiger partial charge in [-0.2, -0.15) is 0 Å². The summed E-state index contributed by atoms with van der Waals surface area (Å²) in [5, 5.41) is 6.76. The first kappa shape index (κ1) is 26.4. The smallest absolute Gasteiger partial charge is 0.259 e. The maximum absolute atomic E-state index is 11.7. The third kappa shape index (κ3) is 8.65. The van der Waals surface area contributed by atoms with Crippen molar-refractivity contribution in [2.75, 3.05) is 60.6 Å². The van der Waals surface area contributed by atoms with Crippen molar-refractivity contribution in [3.05, 3.63) is 29.8 Å². The Kier molecular flexibility index (Phi) is 11.4. The molecule has 2 rings (SSSR count). The molecule has 0 aliphatic carbocycles. The van der Waals surface area contributed by atoms with Gasteiger partial charge in [0, 0.05) is 52.9 Å². The fraction of sp³-hybridized carbons (Fsp3) is 0.619. The summed E-state index contributed by atoms with van der Waals surface area (Å²) in [4.78, 5) is 19.9. The quantitative estimate of drug-likeness (QED) is 0.300. The maximum Gasteiger partial charge on any atom is 0.259 e. The molecule has 8 nitrogen and oxygen atoms in total. The summed E-state index contributed by atoms with van der Waals surface area (Å²) in [6.45, 7) is 9.35. The van der Waals surface area contributed by atoms with E-state index in [0.29, 0.717) is 12.3 Å². The second kappa shape index (κ2) is 13.0. The van der Waals surface area contributed by atoms with E-state index in [1.54, 1.807) is 21.1 Å². The van der Waals surface area contributed by atoms with E-state index in [-0.39, 0.29) is 42.0 Å². The molecule has 0 saturated carbocycles. The minimum atomic E-state index is -0.0685. The van der Waals surface area contributed by atoms with Gasteiger partial charge in [0.05, 0.1) is 13.2 Å². The highest BCUT2D eigenvalue weighted by atomic mass is 127. The minimum Gasteiger partial charge on any atom is -0.484 e. The van der Waals surface area contributed by atoms with Gasteiger partial charge in [-0.25, -0.2) is 0 Å². The van der Waals surface area contributed by atoms with Crippen LogP contribution in [0.5, 0.6) is 5.75 Å². The number of hydrogen-bond acceptors (Lipinski definition) is 5. The number of morpholine rings is 1. The molecule has 0 unspecified atom stereocenters. The lowest BCUT2D eigenvalue weighted by atomic mass is 10.0. The van der Waals surface area contributed by atoms with Crippen LogP contribution in [0.3, 0.4) is 0 Å². The summed E-state index contributed by atoms with van der Waals surface area (Å²) in [6.07, 6.45) is 0. The first-order valence-electron chi connectivity index (χ1n) is 10.0. The Hall–Kier alpha value is -1.59. The molecule has 0 spiro atoms. The van der Waals surface area contributed by atoms with Crippen LogP contribution >= 0.6 is 24.0 Å². The molecule has 1 aromatic carbocycles. The van der Waals surface area contributed by atoms with Crippen LogP contribution in [0.2, 0.25) is 0 Å². The average molecular weight is 533 g/mol. The number of carbonyl (C=O) groups is 1. The Bertz CT molecular complexity index is 691. The molecule has 1 aromatic rings. The summed E-state index contributed by atoms with van der Waals surface area (Å²) in [5.74, 6) is 1.36.